The Morgan fingerprint density at radius 3 is 2.63 bits per heavy atom. The number of likely N-dealkylation sites (tertiary alicyclic amines) is 1. The van der Waals surface area contributed by atoms with Crippen LogP contribution >= 0.6 is 11.6 Å². The quantitative estimate of drug-likeness (QED) is 0.799. The van der Waals surface area contributed by atoms with Crippen LogP contribution in [0.3, 0.4) is 0 Å². The lowest BCUT2D eigenvalue weighted by Crippen LogP contribution is -2.50. The Balaban J connectivity index is 1.34. The van der Waals surface area contributed by atoms with Gasteiger partial charge in [0.15, 0.2) is 5.69 Å². The van der Waals surface area contributed by atoms with Gasteiger partial charge in [-0.25, -0.2) is 4.68 Å². The molecule has 2 fully saturated rings. The summed E-state index contributed by atoms with van der Waals surface area (Å²) in [6, 6.07) is 8.17. The van der Waals surface area contributed by atoms with E-state index in [9.17, 15) is 4.79 Å². The van der Waals surface area contributed by atoms with Crippen LogP contribution in [0.2, 0.25) is 5.02 Å². The topological polar surface area (TPSA) is 63.5 Å². The number of ether oxygens (including phenoxy) is 1. The van der Waals surface area contributed by atoms with E-state index in [0.717, 1.165) is 57.8 Å². The summed E-state index contributed by atoms with van der Waals surface area (Å²) in [7, 11) is 0. The fourth-order valence-electron chi connectivity index (χ4n) is 3.81. The average molecular weight is 390 g/mol. The second kappa shape index (κ2) is 8.37. The summed E-state index contributed by atoms with van der Waals surface area (Å²) in [5, 5.41) is 8.86. The molecule has 8 heteroatoms. The van der Waals surface area contributed by atoms with Crippen molar-refractivity contribution in [1.29, 1.82) is 0 Å². The van der Waals surface area contributed by atoms with Crippen LogP contribution in [-0.4, -0.2) is 76.1 Å². The number of carbonyl (C=O) groups is 1. The number of piperidine rings is 1. The lowest BCUT2D eigenvalue weighted by molar-refractivity contribution is 0.00152. The third kappa shape index (κ3) is 4.31. The monoisotopic (exact) mass is 389 g/mol. The number of morpholine rings is 1. The highest BCUT2D eigenvalue weighted by atomic mass is 35.5. The van der Waals surface area contributed by atoms with E-state index in [1.807, 2.05) is 29.2 Å². The van der Waals surface area contributed by atoms with Gasteiger partial charge in [0.1, 0.15) is 0 Å². The fourth-order valence-corrected chi connectivity index (χ4v) is 4.01. The van der Waals surface area contributed by atoms with Crippen molar-refractivity contribution in [3.63, 3.8) is 0 Å². The molecular weight excluding hydrogens is 366 g/mol. The zero-order chi connectivity index (χ0) is 18.6. The molecule has 0 spiro atoms. The molecular formula is C19H24ClN5O2. The van der Waals surface area contributed by atoms with Crippen LogP contribution in [0, 0.1) is 0 Å². The molecule has 4 rings (SSSR count). The Morgan fingerprint density at radius 1 is 1.15 bits per heavy atom. The van der Waals surface area contributed by atoms with E-state index in [0.29, 0.717) is 23.3 Å². The first-order valence-corrected chi connectivity index (χ1v) is 9.83. The minimum atomic E-state index is -0.0409. The van der Waals surface area contributed by atoms with Crippen molar-refractivity contribution < 1.29 is 9.53 Å². The molecule has 3 heterocycles. The normalized spacial score (nSPS) is 19.4. The average Bonchev–Trinajstić information content (AvgIpc) is 3.18. The molecule has 2 aliphatic heterocycles. The standard InChI is InChI=1S/C19H24ClN5O2/c20-17-4-2-1-3-15(17)13-25-14-18(21-22-25)19(26)24-7-5-16(6-8-24)23-9-11-27-12-10-23/h1-4,14,16H,5-13H2. The summed E-state index contributed by atoms with van der Waals surface area (Å²) in [6.45, 7) is 5.64. The van der Waals surface area contributed by atoms with Crippen molar-refractivity contribution in [2.45, 2.75) is 25.4 Å². The lowest BCUT2D eigenvalue weighted by atomic mass is 10.0. The lowest BCUT2D eigenvalue weighted by Gasteiger charge is -2.39. The van der Waals surface area contributed by atoms with Crippen molar-refractivity contribution in [3.8, 4) is 0 Å². The largest absolute Gasteiger partial charge is 0.379 e. The summed E-state index contributed by atoms with van der Waals surface area (Å²) in [4.78, 5) is 17.1. The number of nitrogens with zero attached hydrogens (tertiary/aromatic N) is 5. The van der Waals surface area contributed by atoms with Gasteiger partial charge in [-0.15, -0.1) is 5.10 Å². The molecule has 0 unspecified atom stereocenters. The summed E-state index contributed by atoms with van der Waals surface area (Å²) < 4.78 is 7.09. The molecule has 0 atom stereocenters. The van der Waals surface area contributed by atoms with E-state index >= 15 is 0 Å². The number of hydrogen-bond donors (Lipinski definition) is 0. The van der Waals surface area contributed by atoms with E-state index in [4.69, 9.17) is 16.3 Å². The zero-order valence-electron chi connectivity index (χ0n) is 15.3. The van der Waals surface area contributed by atoms with Crippen molar-refractivity contribution >= 4 is 17.5 Å². The van der Waals surface area contributed by atoms with E-state index in [2.05, 4.69) is 15.2 Å². The van der Waals surface area contributed by atoms with Gasteiger partial charge in [-0.3, -0.25) is 9.69 Å². The van der Waals surface area contributed by atoms with Gasteiger partial charge in [0.2, 0.25) is 0 Å². The van der Waals surface area contributed by atoms with Gasteiger partial charge in [0.05, 0.1) is 26.0 Å². The molecule has 0 radical (unpaired) electrons. The fraction of sp³-hybridized carbons (Fsp3) is 0.526. The summed E-state index contributed by atoms with van der Waals surface area (Å²) in [6.07, 6.45) is 3.71. The highest BCUT2D eigenvalue weighted by Crippen LogP contribution is 2.19. The molecule has 27 heavy (non-hydrogen) atoms. The summed E-state index contributed by atoms with van der Waals surface area (Å²) in [5.41, 5.74) is 1.35. The van der Waals surface area contributed by atoms with Gasteiger partial charge >= 0.3 is 0 Å². The Labute approximate surface area is 163 Å². The van der Waals surface area contributed by atoms with Gasteiger partial charge < -0.3 is 9.64 Å². The van der Waals surface area contributed by atoms with Crippen LogP contribution in [-0.2, 0) is 11.3 Å². The third-order valence-electron chi connectivity index (χ3n) is 5.36. The number of hydrogen-bond acceptors (Lipinski definition) is 5. The van der Waals surface area contributed by atoms with Gasteiger partial charge in [0.25, 0.3) is 5.91 Å². The maximum Gasteiger partial charge on any atom is 0.276 e. The maximum absolute atomic E-state index is 12.8. The highest BCUT2D eigenvalue weighted by Gasteiger charge is 2.29. The Hall–Kier alpha value is -1.96. The zero-order valence-corrected chi connectivity index (χ0v) is 16.0. The molecule has 2 aliphatic rings. The first-order valence-electron chi connectivity index (χ1n) is 9.45. The molecule has 1 aromatic heterocycles. The number of halogens is 1. The molecule has 144 valence electrons. The van der Waals surface area contributed by atoms with Crippen LogP contribution in [0.1, 0.15) is 28.9 Å². The maximum atomic E-state index is 12.8. The van der Waals surface area contributed by atoms with Gasteiger partial charge in [-0.2, -0.15) is 0 Å². The molecule has 2 aromatic rings. The minimum absolute atomic E-state index is 0.0409. The van der Waals surface area contributed by atoms with E-state index in [1.54, 1.807) is 10.9 Å². The number of rotatable bonds is 4. The number of carbonyl (C=O) groups excluding carboxylic acids is 1. The smallest absolute Gasteiger partial charge is 0.276 e. The molecule has 1 aromatic carbocycles. The van der Waals surface area contributed by atoms with Crippen LogP contribution < -0.4 is 0 Å². The first kappa shape index (κ1) is 18.4. The van der Waals surface area contributed by atoms with Crippen molar-refractivity contribution in [2.75, 3.05) is 39.4 Å². The summed E-state index contributed by atoms with van der Waals surface area (Å²) in [5.74, 6) is -0.0409. The van der Waals surface area contributed by atoms with Crippen LogP contribution in [0.25, 0.3) is 0 Å². The summed E-state index contributed by atoms with van der Waals surface area (Å²) >= 11 is 6.19. The van der Waals surface area contributed by atoms with Crippen molar-refractivity contribution in [2.24, 2.45) is 0 Å². The van der Waals surface area contributed by atoms with Gasteiger partial charge in [0, 0.05) is 37.2 Å². The van der Waals surface area contributed by atoms with E-state index in [-0.39, 0.29) is 5.91 Å². The van der Waals surface area contributed by atoms with E-state index < -0.39 is 0 Å². The predicted octanol–water partition coefficient (Wildman–Crippen LogP) is 1.92. The second-order valence-electron chi connectivity index (χ2n) is 7.06. The van der Waals surface area contributed by atoms with Gasteiger partial charge in [-0.1, -0.05) is 35.0 Å². The molecule has 2 saturated heterocycles. The van der Waals surface area contributed by atoms with Crippen molar-refractivity contribution in [1.82, 2.24) is 24.8 Å². The van der Waals surface area contributed by atoms with E-state index in [1.165, 1.54) is 0 Å². The number of benzene rings is 1. The predicted molar refractivity (Wildman–Crippen MR) is 102 cm³/mol. The molecule has 1 amide bonds. The molecule has 0 aliphatic carbocycles. The highest BCUT2D eigenvalue weighted by molar-refractivity contribution is 6.31. The Bertz CT molecular complexity index is 782. The Kier molecular flexibility index (Phi) is 5.71. The molecule has 0 bridgehead atoms. The molecule has 0 saturated carbocycles. The van der Waals surface area contributed by atoms with Crippen LogP contribution in [0.4, 0.5) is 0 Å². The van der Waals surface area contributed by atoms with Gasteiger partial charge in [-0.05, 0) is 24.5 Å². The number of aromatic nitrogens is 3. The minimum Gasteiger partial charge on any atom is -0.379 e. The Morgan fingerprint density at radius 2 is 1.89 bits per heavy atom. The SMILES string of the molecule is O=C(c1cn(Cc2ccccc2Cl)nn1)N1CCC(N2CCOCC2)CC1. The van der Waals surface area contributed by atoms with Crippen molar-refractivity contribution in [3.05, 3.63) is 46.7 Å². The van der Waals surface area contributed by atoms with Crippen LogP contribution in [0.15, 0.2) is 30.5 Å². The molecule has 7 nitrogen and oxygen atoms in total. The number of amides is 1. The third-order valence-corrected chi connectivity index (χ3v) is 5.73. The second-order valence-corrected chi connectivity index (χ2v) is 7.47. The molecule has 0 N–H and O–H groups in total. The van der Waals surface area contributed by atoms with Crippen LogP contribution in [0.5, 0.6) is 0 Å². The first-order chi connectivity index (χ1) is 13.2.